The summed E-state index contributed by atoms with van der Waals surface area (Å²) in [6, 6.07) is 8.25. The SMILES string of the molecule is CCc1cc(CC)c(O)c(SSc2cc(CC)cc(CC)c2O)c1. The average Bonchev–Trinajstić information content (AvgIpc) is 2.61. The number of hydrogen-bond donors (Lipinski definition) is 2. The first-order valence-electron chi connectivity index (χ1n) is 8.57. The molecule has 0 aromatic heterocycles. The molecule has 0 spiro atoms. The molecule has 2 aromatic carbocycles. The Labute approximate surface area is 153 Å². The third kappa shape index (κ3) is 4.22. The quantitative estimate of drug-likeness (QED) is 0.580. The Balaban J connectivity index is 2.31. The highest BCUT2D eigenvalue weighted by atomic mass is 33.1. The molecule has 0 radical (unpaired) electrons. The molecule has 0 saturated carbocycles. The van der Waals surface area contributed by atoms with E-state index in [0.29, 0.717) is 11.5 Å². The molecule has 0 aliphatic heterocycles. The van der Waals surface area contributed by atoms with Crippen LogP contribution in [0.15, 0.2) is 34.1 Å². The van der Waals surface area contributed by atoms with E-state index in [1.165, 1.54) is 32.7 Å². The first-order chi connectivity index (χ1) is 11.5. The maximum Gasteiger partial charge on any atom is 0.133 e. The molecule has 0 atom stereocenters. The van der Waals surface area contributed by atoms with Crippen molar-refractivity contribution in [3.63, 3.8) is 0 Å². The van der Waals surface area contributed by atoms with Crippen molar-refractivity contribution < 1.29 is 10.2 Å². The molecule has 2 nitrogen and oxygen atoms in total. The number of aromatic hydroxyl groups is 2. The minimum Gasteiger partial charge on any atom is -0.506 e. The van der Waals surface area contributed by atoms with Crippen LogP contribution in [0, 0.1) is 0 Å². The summed E-state index contributed by atoms with van der Waals surface area (Å²) in [5.74, 6) is 0.739. The summed E-state index contributed by atoms with van der Waals surface area (Å²) in [5, 5.41) is 20.9. The zero-order valence-electron chi connectivity index (χ0n) is 14.8. The molecule has 0 heterocycles. The standard InChI is InChI=1S/C20H26O2S2/c1-5-13-9-15(7-3)19(21)17(11-13)23-24-18-12-14(6-2)10-16(8-4)20(18)22/h9-12,21-22H,5-8H2,1-4H3. The Bertz CT molecular complexity index is 650. The molecule has 24 heavy (non-hydrogen) atoms. The van der Waals surface area contributed by atoms with Gasteiger partial charge in [-0.15, -0.1) is 0 Å². The molecule has 2 rings (SSSR count). The van der Waals surface area contributed by atoms with Crippen LogP contribution < -0.4 is 0 Å². The van der Waals surface area contributed by atoms with Crippen molar-refractivity contribution in [1.82, 2.24) is 0 Å². The van der Waals surface area contributed by atoms with E-state index in [9.17, 15) is 10.2 Å². The third-order valence-electron chi connectivity index (χ3n) is 4.23. The van der Waals surface area contributed by atoms with Crippen LogP contribution in [0.25, 0.3) is 0 Å². The van der Waals surface area contributed by atoms with E-state index in [1.54, 1.807) is 0 Å². The number of aryl methyl sites for hydroxylation is 4. The van der Waals surface area contributed by atoms with Crippen molar-refractivity contribution >= 4 is 21.6 Å². The summed E-state index contributed by atoms with van der Waals surface area (Å²) in [5.41, 5.74) is 4.43. The van der Waals surface area contributed by atoms with Gasteiger partial charge >= 0.3 is 0 Å². The Morgan fingerprint density at radius 2 is 1.00 bits per heavy atom. The second-order valence-electron chi connectivity index (χ2n) is 5.78. The summed E-state index contributed by atoms with van der Waals surface area (Å²) in [6.07, 6.45) is 3.52. The van der Waals surface area contributed by atoms with Crippen molar-refractivity contribution in [2.45, 2.75) is 63.2 Å². The highest BCUT2D eigenvalue weighted by Crippen LogP contribution is 2.47. The van der Waals surface area contributed by atoms with Crippen molar-refractivity contribution in [1.29, 1.82) is 0 Å². The Morgan fingerprint density at radius 3 is 1.29 bits per heavy atom. The highest BCUT2D eigenvalue weighted by Gasteiger charge is 2.13. The van der Waals surface area contributed by atoms with Gasteiger partial charge in [0.05, 0.1) is 9.79 Å². The van der Waals surface area contributed by atoms with Crippen LogP contribution in [0.1, 0.15) is 49.9 Å². The molecule has 0 bridgehead atoms. The molecule has 0 amide bonds. The second-order valence-corrected chi connectivity index (χ2v) is 8.00. The van der Waals surface area contributed by atoms with E-state index in [0.717, 1.165) is 46.6 Å². The largest absolute Gasteiger partial charge is 0.506 e. The predicted molar refractivity (Wildman–Crippen MR) is 105 cm³/mol. The summed E-state index contributed by atoms with van der Waals surface area (Å²) in [7, 11) is 3.04. The van der Waals surface area contributed by atoms with Gasteiger partial charge in [-0.05, 0) is 81.7 Å². The smallest absolute Gasteiger partial charge is 0.133 e. The maximum atomic E-state index is 10.5. The van der Waals surface area contributed by atoms with E-state index in [-0.39, 0.29) is 0 Å². The van der Waals surface area contributed by atoms with E-state index in [2.05, 4.69) is 39.8 Å². The summed E-state index contributed by atoms with van der Waals surface area (Å²) < 4.78 is 0. The van der Waals surface area contributed by atoms with Gasteiger partial charge in [-0.1, -0.05) is 39.8 Å². The molecular weight excluding hydrogens is 336 g/mol. The summed E-state index contributed by atoms with van der Waals surface area (Å²) in [6.45, 7) is 8.36. The Morgan fingerprint density at radius 1 is 0.625 bits per heavy atom. The minimum absolute atomic E-state index is 0.369. The zero-order chi connectivity index (χ0) is 17.7. The molecule has 130 valence electrons. The molecule has 2 N–H and O–H groups in total. The number of phenols is 2. The lowest BCUT2D eigenvalue weighted by molar-refractivity contribution is 0.454. The maximum absolute atomic E-state index is 10.5. The van der Waals surface area contributed by atoms with Crippen molar-refractivity contribution in [2.75, 3.05) is 0 Å². The number of hydrogen-bond acceptors (Lipinski definition) is 4. The van der Waals surface area contributed by atoms with Gasteiger partial charge in [0.25, 0.3) is 0 Å². The molecule has 4 heteroatoms. The topological polar surface area (TPSA) is 40.5 Å². The molecule has 0 aliphatic rings. The predicted octanol–water partition coefficient (Wildman–Crippen LogP) is 6.15. The van der Waals surface area contributed by atoms with Crippen molar-refractivity contribution in [3.8, 4) is 11.5 Å². The molecule has 0 fully saturated rings. The second kappa shape index (κ2) is 8.72. The fourth-order valence-electron chi connectivity index (χ4n) is 2.62. The molecule has 0 unspecified atom stereocenters. The fraction of sp³-hybridized carbons (Fsp3) is 0.400. The first-order valence-corrected chi connectivity index (χ1v) is 10.7. The first kappa shape index (κ1) is 19.1. The van der Waals surface area contributed by atoms with Crippen LogP contribution in [-0.4, -0.2) is 10.2 Å². The van der Waals surface area contributed by atoms with Gasteiger partial charge in [0.2, 0.25) is 0 Å². The van der Waals surface area contributed by atoms with E-state index in [4.69, 9.17) is 0 Å². The molecular formula is C20H26O2S2. The molecule has 0 aliphatic carbocycles. The van der Waals surface area contributed by atoms with Crippen LogP contribution >= 0.6 is 21.6 Å². The van der Waals surface area contributed by atoms with Crippen LogP contribution in [0.2, 0.25) is 0 Å². The fourth-order valence-corrected chi connectivity index (χ4v) is 4.92. The number of phenolic OH excluding ortho intramolecular Hbond substituents is 2. The zero-order valence-corrected chi connectivity index (χ0v) is 16.5. The lowest BCUT2D eigenvalue weighted by Crippen LogP contribution is -1.90. The highest BCUT2D eigenvalue weighted by molar-refractivity contribution is 8.76. The normalized spacial score (nSPS) is 11.0. The van der Waals surface area contributed by atoms with E-state index < -0.39 is 0 Å². The van der Waals surface area contributed by atoms with Gasteiger partial charge in [-0.2, -0.15) is 0 Å². The lowest BCUT2D eigenvalue weighted by Gasteiger charge is -2.13. The summed E-state index contributed by atoms with van der Waals surface area (Å²) >= 11 is 0. The van der Waals surface area contributed by atoms with Crippen LogP contribution in [0.3, 0.4) is 0 Å². The van der Waals surface area contributed by atoms with Crippen molar-refractivity contribution in [2.24, 2.45) is 0 Å². The van der Waals surface area contributed by atoms with Gasteiger partial charge in [0.15, 0.2) is 0 Å². The Hall–Kier alpha value is -1.26. The van der Waals surface area contributed by atoms with Crippen molar-refractivity contribution in [3.05, 3.63) is 46.5 Å². The van der Waals surface area contributed by atoms with Gasteiger partial charge in [-0.3, -0.25) is 0 Å². The molecule has 2 aromatic rings. The van der Waals surface area contributed by atoms with Crippen LogP contribution in [0.4, 0.5) is 0 Å². The van der Waals surface area contributed by atoms with E-state index in [1.807, 2.05) is 12.1 Å². The van der Waals surface area contributed by atoms with Crippen LogP contribution in [0.5, 0.6) is 11.5 Å². The number of benzene rings is 2. The molecule has 0 saturated heterocycles. The van der Waals surface area contributed by atoms with Gasteiger partial charge in [-0.25, -0.2) is 0 Å². The number of rotatable bonds is 7. The lowest BCUT2D eigenvalue weighted by atomic mass is 10.1. The average molecular weight is 363 g/mol. The monoisotopic (exact) mass is 362 g/mol. The minimum atomic E-state index is 0.369. The Kier molecular flexibility index (Phi) is 6.93. The van der Waals surface area contributed by atoms with Gasteiger partial charge in [0, 0.05) is 0 Å². The van der Waals surface area contributed by atoms with E-state index >= 15 is 0 Å². The van der Waals surface area contributed by atoms with Gasteiger partial charge in [0.1, 0.15) is 11.5 Å². The van der Waals surface area contributed by atoms with Gasteiger partial charge < -0.3 is 10.2 Å². The summed E-state index contributed by atoms with van der Waals surface area (Å²) in [4.78, 5) is 1.74. The third-order valence-corrected chi connectivity index (χ3v) is 6.62. The van der Waals surface area contributed by atoms with Crippen LogP contribution in [-0.2, 0) is 25.7 Å².